The minimum atomic E-state index is -0.799. The molecule has 2 heterocycles. The maximum absolute atomic E-state index is 12.2. The lowest BCUT2D eigenvalue weighted by molar-refractivity contribution is -0.144. The second kappa shape index (κ2) is 5.69. The molecule has 1 N–H and O–H groups in total. The van der Waals surface area contributed by atoms with Crippen molar-refractivity contribution in [3.63, 3.8) is 0 Å². The van der Waals surface area contributed by atoms with Gasteiger partial charge in [-0.05, 0) is 45.6 Å². The van der Waals surface area contributed by atoms with Crippen LogP contribution >= 0.6 is 0 Å². The minimum Gasteiger partial charge on any atom is -0.480 e. The van der Waals surface area contributed by atoms with Crippen molar-refractivity contribution in [3.05, 3.63) is 0 Å². The van der Waals surface area contributed by atoms with Gasteiger partial charge in [0, 0.05) is 12.6 Å². The lowest BCUT2D eigenvalue weighted by Crippen LogP contribution is -2.48. The fraction of sp³-hybridized carbons (Fsp3) is 0.846. The molecular weight excluding hydrogens is 232 g/mol. The summed E-state index contributed by atoms with van der Waals surface area (Å²) in [4.78, 5) is 27.0. The molecule has 1 unspecified atom stereocenters. The number of aliphatic carboxylic acids is 1. The van der Waals surface area contributed by atoms with Gasteiger partial charge in [0.1, 0.15) is 6.04 Å². The van der Waals surface area contributed by atoms with Crippen LogP contribution in [0.5, 0.6) is 0 Å². The molecule has 0 radical (unpaired) electrons. The van der Waals surface area contributed by atoms with E-state index >= 15 is 0 Å². The van der Waals surface area contributed by atoms with Crippen molar-refractivity contribution in [2.75, 3.05) is 19.6 Å². The smallest absolute Gasteiger partial charge is 0.320 e. The van der Waals surface area contributed by atoms with Gasteiger partial charge >= 0.3 is 5.97 Å². The van der Waals surface area contributed by atoms with Gasteiger partial charge in [0.15, 0.2) is 0 Å². The van der Waals surface area contributed by atoms with Crippen LogP contribution in [0, 0.1) is 0 Å². The van der Waals surface area contributed by atoms with Gasteiger partial charge in [-0.3, -0.25) is 14.5 Å². The molecule has 2 aliphatic rings. The maximum atomic E-state index is 12.2. The Morgan fingerprint density at radius 3 is 2.61 bits per heavy atom. The van der Waals surface area contributed by atoms with Crippen molar-refractivity contribution in [2.24, 2.45) is 0 Å². The molecule has 0 saturated carbocycles. The molecule has 2 rings (SSSR count). The van der Waals surface area contributed by atoms with E-state index in [-0.39, 0.29) is 12.5 Å². The van der Waals surface area contributed by atoms with Crippen molar-refractivity contribution in [1.82, 2.24) is 9.80 Å². The normalized spacial score (nSPS) is 29.5. The lowest BCUT2D eigenvalue weighted by Gasteiger charge is -2.35. The lowest BCUT2D eigenvalue weighted by atomic mass is 10.0. The van der Waals surface area contributed by atoms with Gasteiger partial charge < -0.3 is 10.0 Å². The van der Waals surface area contributed by atoms with Gasteiger partial charge in [-0.15, -0.1) is 0 Å². The highest BCUT2D eigenvalue weighted by atomic mass is 16.4. The SMILES string of the molecule is CC1CCCCN1C(=O)CN1CCC[C@H]1C(=O)O. The van der Waals surface area contributed by atoms with Crippen LogP contribution in [0.2, 0.25) is 0 Å². The molecule has 0 bridgehead atoms. The molecule has 2 aliphatic heterocycles. The van der Waals surface area contributed by atoms with Crippen molar-refractivity contribution in [3.8, 4) is 0 Å². The van der Waals surface area contributed by atoms with Crippen LogP contribution < -0.4 is 0 Å². The van der Waals surface area contributed by atoms with Crippen molar-refractivity contribution < 1.29 is 14.7 Å². The van der Waals surface area contributed by atoms with E-state index in [9.17, 15) is 9.59 Å². The van der Waals surface area contributed by atoms with E-state index in [2.05, 4.69) is 6.92 Å². The number of piperidine rings is 1. The third kappa shape index (κ3) is 2.83. The molecule has 1 amide bonds. The number of likely N-dealkylation sites (tertiary alicyclic amines) is 2. The number of hydrogen-bond acceptors (Lipinski definition) is 3. The van der Waals surface area contributed by atoms with Crippen molar-refractivity contribution >= 4 is 11.9 Å². The summed E-state index contributed by atoms with van der Waals surface area (Å²) in [6.45, 7) is 3.90. The summed E-state index contributed by atoms with van der Waals surface area (Å²) in [6, 6.07) is -0.161. The summed E-state index contributed by atoms with van der Waals surface area (Å²) in [7, 11) is 0. The Hall–Kier alpha value is -1.10. The molecule has 0 aromatic carbocycles. The summed E-state index contributed by atoms with van der Waals surface area (Å²) >= 11 is 0. The first-order valence-corrected chi connectivity index (χ1v) is 6.86. The molecule has 5 nitrogen and oxygen atoms in total. The van der Waals surface area contributed by atoms with E-state index in [4.69, 9.17) is 5.11 Å². The summed E-state index contributed by atoms with van der Waals surface area (Å²) < 4.78 is 0. The van der Waals surface area contributed by atoms with E-state index in [1.807, 2.05) is 9.80 Å². The molecule has 2 fully saturated rings. The fourth-order valence-electron chi connectivity index (χ4n) is 3.03. The number of carbonyl (C=O) groups excluding carboxylic acids is 1. The Kier molecular flexibility index (Phi) is 4.22. The van der Waals surface area contributed by atoms with Crippen LogP contribution in [-0.2, 0) is 9.59 Å². The molecule has 2 saturated heterocycles. The third-order valence-corrected chi connectivity index (χ3v) is 4.11. The standard InChI is InChI=1S/C13H22N2O3/c1-10-5-2-3-8-15(10)12(16)9-14-7-4-6-11(14)13(17)18/h10-11H,2-9H2,1H3,(H,17,18)/t10?,11-/m0/s1. The number of nitrogens with zero attached hydrogens (tertiary/aromatic N) is 2. The minimum absolute atomic E-state index is 0.0929. The van der Waals surface area contributed by atoms with E-state index in [0.717, 1.165) is 32.4 Å². The largest absolute Gasteiger partial charge is 0.480 e. The molecule has 0 aromatic heterocycles. The fourth-order valence-corrected chi connectivity index (χ4v) is 3.03. The van der Waals surface area contributed by atoms with Crippen molar-refractivity contribution in [1.29, 1.82) is 0 Å². The second-order valence-corrected chi connectivity index (χ2v) is 5.40. The van der Waals surface area contributed by atoms with Crippen LogP contribution in [0.1, 0.15) is 39.0 Å². The monoisotopic (exact) mass is 254 g/mol. The van der Waals surface area contributed by atoms with Crippen molar-refractivity contribution in [2.45, 2.75) is 51.1 Å². The summed E-state index contributed by atoms with van der Waals surface area (Å²) in [6.07, 6.45) is 4.86. The van der Waals surface area contributed by atoms with Gasteiger partial charge in [0.05, 0.1) is 6.54 Å². The van der Waals surface area contributed by atoms with Gasteiger partial charge in [0.25, 0.3) is 0 Å². The summed E-state index contributed by atoms with van der Waals surface area (Å²) in [5, 5.41) is 9.09. The number of hydrogen-bond donors (Lipinski definition) is 1. The first-order chi connectivity index (χ1) is 8.59. The highest BCUT2D eigenvalue weighted by Crippen LogP contribution is 2.20. The predicted octanol–water partition coefficient (Wildman–Crippen LogP) is 0.936. The summed E-state index contributed by atoms with van der Waals surface area (Å²) in [5.74, 6) is -0.706. The number of carboxylic acids is 1. The molecule has 0 spiro atoms. The number of rotatable bonds is 3. The van der Waals surface area contributed by atoms with Crippen LogP contribution in [0.3, 0.4) is 0 Å². The Bertz CT molecular complexity index is 332. The molecule has 5 heteroatoms. The average Bonchev–Trinajstić information content (AvgIpc) is 2.77. The average molecular weight is 254 g/mol. The van der Waals surface area contributed by atoms with Gasteiger partial charge in [-0.2, -0.15) is 0 Å². The van der Waals surface area contributed by atoms with E-state index in [1.54, 1.807) is 0 Å². The summed E-state index contributed by atoms with van der Waals surface area (Å²) in [5.41, 5.74) is 0. The first kappa shape index (κ1) is 13.3. The number of carboxylic acid groups (broad SMARTS) is 1. The van der Waals surface area contributed by atoms with Crippen LogP contribution in [0.25, 0.3) is 0 Å². The maximum Gasteiger partial charge on any atom is 0.320 e. The predicted molar refractivity (Wildman–Crippen MR) is 67.3 cm³/mol. The van der Waals surface area contributed by atoms with E-state index in [0.29, 0.717) is 12.5 Å². The van der Waals surface area contributed by atoms with Gasteiger partial charge in [-0.25, -0.2) is 0 Å². The Balaban J connectivity index is 1.92. The Morgan fingerprint density at radius 1 is 1.17 bits per heavy atom. The van der Waals surface area contributed by atoms with Crippen LogP contribution in [-0.4, -0.2) is 58.5 Å². The zero-order valence-electron chi connectivity index (χ0n) is 11.0. The molecule has 2 atom stereocenters. The topological polar surface area (TPSA) is 60.9 Å². The zero-order chi connectivity index (χ0) is 13.1. The number of amides is 1. The molecule has 0 aromatic rings. The number of carbonyl (C=O) groups is 2. The van der Waals surface area contributed by atoms with E-state index in [1.165, 1.54) is 6.42 Å². The zero-order valence-corrected chi connectivity index (χ0v) is 11.0. The van der Waals surface area contributed by atoms with Crippen LogP contribution in [0.4, 0.5) is 0 Å². The Morgan fingerprint density at radius 2 is 1.94 bits per heavy atom. The quantitative estimate of drug-likeness (QED) is 0.814. The molecule has 18 heavy (non-hydrogen) atoms. The molecule has 0 aliphatic carbocycles. The highest BCUT2D eigenvalue weighted by molar-refractivity contribution is 5.80. The third-order valence-electron chi connectivity index (χ3n) is 4.11. The first-order valence-electron chi connectivity index (χ1n) is 6.86. The van der Waals surface area contributed by atoms with Gasteiger partial charge in [0.2, 0.25) is 5.91 Å². The molecule has 102 valence electrons. The highest BCUT2D eigenvalue weighted by Gasteiger charge is 2.33. The van der Waals surface area contributed by atoms with Crippen LogP contribution in [0.15, 0.2) is 0 Å². The van der Waals surface area contributed by atoms with E-state index < -0.39 is 12.0 Å². The second-order valence-electron chi connectivity index (χ2n) is 5.40. The Labute approximate surface area is 108 Å². The van der Waals surface area contributed by atoms with Gasteiger partial charge in [-0.1, -0.05) is 0 Å². The molecular formula is C13H22N2O3.